The first-order chi connectivity index (χ1) is 34.8. The van der Waals surface area contributed by atoms with Crippen molar-refractivity contribution in [2.24, 2.45) is 0 Å². The standard InChI is InChI=1S/C63H38F3N5/c1-38-17-16-26-49(63(64,65)66)57(38)47-33-34-54(70-50-27-12-8-22-41(50)43-31-35-55-58(61(43)70)45-24-10-14-29-52(45)68(55)39-18-4-2-5-19-39)48(37-67)60(47)71-51-28-13-9-23-42(51)44-32-36-56-59(62(44)71)46-25-11-15-30-53(46)69(56)40-20-6-3-7-21-40/h2-36H,1H3. The van der Waals surface area contributed by atoms with E-state index in [2.05, 4.69) is 121 Å². The molecule has 0 radical (unpaired) electrons. The van der Waals surface area contributed by atoms with Gasteiger partial charge in [0.1, 0.15) is 11.6 Å². The number of hydrogen-bond donors (Lipinski definition) is 0. The molecule has 5 nitrogen and oxygen atoms in total. The predicted molar refractivity (Wildman–Crippen MR) is 284 cm³/mol. The zero-order valence-electron chi connectivity index (χ0n) is 38.1. The number of aryl methyl sites for hydroxylation is 1. The monoisotopic (exact) mass is 921 g/mol. The summed E-state index contributed by atoms with van der Waals surface area (Å²) < 4.78 is 55.6. The van der Waals surface area contributed by atoms with Gasteiger partial charge in [-0.05, 0) is 90.8 Å². The maximum absolute atomic E-state index is 15.6. The first kappa shape index (κ1) is 40.7. The van der Waals surface area contributed by atoms with Crippen molar-refractivity contribution in [3.63, 3.8) is 0 Å². The second kappa shape index (κ2) is 15.1. The van der Waals surface area contributed by atoms with Crippen molar-refractivity contribution in [1.82, 2.24) is 18.3 Å². The number of para-hydroxylation sites is 6. The molecule has 4 aromatic heterocycles. The molecule has 8 heteroatoms. The van der Waals surface area contributed by atoms with Crippen LogP contribution in [0, 0.1) is 18.3 Å². The van der Waals surface area contributed by atoms with Crippen LogP contribution in [-0.2, 0) is 6.18 Å². The van der Waals surface area contributed by atoms with Crippen LogP contribution in [0.25, 0.3) is 121 Å². The second-order valence-electron chi connectivity index (χ2n) is 18.3. The summed E-state index contributed by atoms with van der Waals surface area (Å²) in [6.45, 7) is 1.72. The lowest BCUT2D eigenvalue weighted by Crippen LogP contribution is -2.11. The summed E-state index contributed by atoms with van der Waals surface area (Å²) in [5, 5.41) is 19.9. The third-order valence-corrected chi connectivity index (χ3v) is 14.5. The van der Waals surface area contributed by atoms with Crippen LogP contribution in [0.15, 0.2) is 212 Å². The van der Waals surface area contributed by atoms with Crippen LogP contribution in [0.3, 0.4) is 0 Å². The molecule has 0 aliphatic carbocycles. The molecule has 0 saturated carbocycles. The molecule has 0 saturated heterocycles. The van der Waals surface area contributed by atoms with Crippen LogP contribution in [0.2, 0.25) is 0 Å². The van der Waals surface area contributed by atoms with Crippen molar-refractivity contribution >= 4 is 87.2 Å². The molecule has 14 aromatic rings. The summed E-state index contributed by atoms with van der Waals surface area (Å²) in [7, 11) is 0. The number of fused-ring (bicyclic) bond motifs is 14. The van der Waals surface area contributed by atoms with Crippen molar-refractivity contribution < 1.29 is 13.2 Å². The number of halogens is 3. The van der Waals surface area contributed by atoms with Gasteiger partial charge in [0, 0.05) is 60.0 Å². The summed E-state index contributed by atoms with van der Waals surface area (Å²) in [6.07, 6.45) is -4.70. The second-order valence-corrected chi connectivity index (χ2v) is 18.3. The van der Waals surface area contributed by atoms with Gasteiger partial charge >= 0.3 is 6.18 Å². The Hall–Kier alpha value is -9.32. The molecular formula is C63H38F3N5. The van der Waals surface area contributed by atoms with Gasteiger partial charge in [-0.1, -0.05) is 140 Å². The molecule has 0 atom stereocenters. The van der Waals surface area contributed by atoms with Crippen LogP contribution in [0.4, 0.5) is 13.2 Å². The molecule has 0 spiro atoms. The summed E-state index contributed by atoms with van der Waals surface area (Å²) in [5.74, 6) is 0. The van der Waals surface area contributed by atoms with Crippen molar-refractivity contribution in [2.75, 3.05) is 0 Å². The lowest BCUT2D eigenvalue weighted by atomic mass is 9.91. The number of nitrogens with zero attached hydrogens (tertiary/aromatic N) is 5. The highest BCUT2D eigenvalue weighted by Crippen LogP contribution is 2.49. The number of nitriles is 1. The Labute approximate surface area is 404 Å². The van der Waals surface area contributed by atoms with Crippen LogP contribution >= 0.6 is 0 Å². The molecule has 0 unspecified atom stereocenters. The van der Waals surface area contributed by atoms with E-state index in [1.807, 2.05) is 97.1 Å². The van der Waals surface area contributed by atoms with Gasteiger partial charge in [0.2, 0.25) is 0 Å². The predicted octanol–water partition coefficient (Wildman–Crippen LogP) is 16.9. The number of benzene rings is 10. The van der Waals surface area contributed by atoms with Gasteiger partial charge in [-0.2, -0.15) is 18.4 Å². The van der Waals surface area contributed by atoms with E-state index < -0.39 is 11.7 Å². The van der Waals surface area contributed by atoms with Crippen LogP contribution in [0.5, 0.6) is 0 Å². The van der Waals surface area contributed by atoms with E-state index in [1.54, 1.807) is 13.0 Å². The van der Waals surface area contributed by atoms with E-state index in [-0.39, 0.29) is 11.1 Å². The first-order valence-corrected chi connectivity index (χ1v) is 23.6. The number of hydrogen-bond acceptors (Lipinski definition) is 1. The molecule has 14 rings (SSSR count). The largest absolute Gasteiger partial charge is 0.417 e. The Morgan fingerprint density at radius 2 is 0.845 bits per heavy atom. The first-order valence-electron chi connectivity index (χ1n) is 23.6. The molecule has 0 fully saturated rings. The minimum absolute atomic E-state index is 0.0263. The fraction of sp³-hybridized carbons (Fsp3) is 0.0317. The van der Waals surface area contributed by atoms with Crippen molar-refractivity contribution in [1.29, 1.82) is 5.26 Å². The van der Waals surface area contributed by atoms with Crippen LogP contribution in [0.1, 0.15) is 16.7 Å². The zero-order chi connectivity index (χ0) is 47.7. The summed E-state index contributed by atoms with van der Waals surface area (Å²) in [6, 6.07) is 72.6. The molecule has 0 aliphatic rings. The molecular weight excluding hydrogens is 884 g/mol. The minimum Gasteiger partial charge on any atom is -0.309 e. The van der Waals surface area contributed by atoms with Crippen molar-refractivity contribution in [3.8, 4) is 39.9 Å². The van der Waals surface area contributed by atoms with Crippen molar-refractivity contribution in [2.45, 2.75) is 13.1 Å². The SMILES string of the molecule is Cc1cccc(C(F)(F)F)c1-c1ccc(-n2c3ccccc3c3ccc4c(c5ccccc5n4-c4ccccc4)c32)c(C#N)c1-n1c2ccccc2c2ccc3c(c4ccccc4n3-c3ccccc3)c21. The number of rotatable bonds is 5. The fourth-order valence-electron chi connectivity index (χ4n) is 11.8. The Balaban J connectivity index is 1.21. The van der Waals surface area contributed by atoms with Gasteiger partial charge in [0.15, 0.2) is 0 Å². The van der Waals surface area contributed by atoms with Crippen LogP contribution < -0.4 is 0 Å². The van der Waals surface area contributed by atoms with E-state index in [1.165, 1.54) is 6.07 Å². The average molecular weight is 922 g/mol. The smallest absolute Gasteiger partial charge is 0.309 e. The Kier molecular flexibility index (Phi) is 8.65. The van der Waals surface area contributed by atoms with Crippen LogP contribution in [-0.4, -0.2) is 18.3 Å². The molecule has 4 heterocycles. The topological polar surface area (TPSA) is 43.5 Å². The third-order valence-electron chi connectivity index (χ3n) is 14.5. The van der Waals surface area contributed by atoms with Gasteiger partial charge in [0.25, 0.3) is 0 Å². The molecule has 0 amide bonds. The van der Waals surface area contributed by atoms with Gasteiger partial charge in [0.05, 0.1) is 61.1 Å². The summed E-state index contributed by atoms with van der Waals surface area (Å²) in [5.41, 5.74) is 10.4. The third kappa shape index (κ3) is 5.69. The number of alkyl halides is 3. The average Bonchev–Trinajstić information content (AvgIpc) is 4.15. The van der Waals surface area contributed by atoms with Gasteiger partial charge in [-0.25, -0.2) is 0 Å². The maximum Gasteiger partial charge on any atom is 0.417 e. The lowest BCUT2D eigenvalue weighted by molar-refractivity contribution is -0.137. The van der Waals surface area contributed by atoms with Gasteiger partial charge < -0.3 is 18.3 Å². The molecule has 71 heavy (non-hydrogen) atoms. The quantitative estimate of drug-likeness (QED) is 0.170. The molecule has 0 aliphatic heterocycles. The van der Waals surface area contributed by atoms with E-state index in [9.17, 15) is 5.26 Å². The maximum atomic E-state index is 15.6. The van der Waals surface area contributed by atoms with Gasteiger partial charge in [-0.15, -0.1) is 0 Å². The Morgan fingerprint density at radius 3 is 1.35 bits per heavy atom. The summed E-state index contributed by atoms with van der Waals surface area (Å²) in [4.78, 5) is 0. The Morgan fingerprint density at radius 1 is 0.394 bits per heavy atom. The zero-order valence-corrected chi connectivity index (χ0v) is 38.1. The van der Waals surface area contributed by atoms with E-state index in [4.69, 9.17) is 0 Å². The fourth-order valence-corrected chi connectivity index (χ4v) is 11.8. The van der Waals surface area contributed by atoms with E-state index in [0.717, 1.165) is 105 Å². The van der Waals surface area contributed by atoms with Gasteiger partial charge in [-0.3, -0.25) is 0 Å². The molecule has 0 bridgehead atoms. The minimum atomic E-state index is -4.70. The molecule has 336 valence electrons. The highest BCUT2D eigenvalue weighted by atomic mass is 19.4. The molecule has 10 aromatic carbocycles. The summed E-state index contributed by atoms with van der Waals surface area (Å²) >= 11 is 0. The van der Waals surface area contributed by atoms with Crippen molar-refractivity contribution in [3.05, 3.63) is 229 Å². The normalized spacial score (nSPS) is 12.2. The highest BCUT2D eigenvalue weighted by Gasteiger charge is 2.36. The highest BCUT2D eigenvalue weighted by molar-refractivity contribution is 6.28. The molecule has 0 N–H and O–H groups in total. The Bertz CT molecular complexity index is 4580. The number of aromatic nitrogens is 4. The van der Waals surface area contributed by atoms with E-state index >= 15 is 13.2 Å². The lowest BCUT2D eigenvalue weighted by Gasteiger charge is -2.23. The van der Waals surface area contributed by atoms with E-state index in [0.29, 0.717) is 22.5 Å².